The molecule has 3 rings (SSSR count). The standard InChI is InChI=1S/C17H30N2O3/c1-13-11-14-5-2-3-7-16(14)19(13)17(20)18-8-10-21-12-15-6-4-9-22-15/h13-16H,2-12H2,1H3,(H,18,20)/t13-,14+,15+,16+/m1/s1. The Hall–Kier alpha value is -0.810. The van der Waals surface area contributed by atoms with E-state index >= 15 is 0 Å². The van der Waals surface area contributed by atoms with Crippen molar-refractivity contribution in [2.75, 3.05) is 26.4 Å². The number of ether oxygens (including phenoxy) is 2. The number of carbonyl (C=O) groups excluding carboxylic acids is 1. The quantitative estimate of drug-likeness (QED) is 0.794. The molecule has 0 radical (unpaired) electrons. The fourth-order valence-electron chi connectivity index (χ4n) is 4.37. The first-order chi connectivity index (χ1) is 10.8. The second kappa shape index (κ2) is 7.64. The Balaban J connectivity index is 1.36. The first kappa shape index (κ1) is 16.1. The van der Waals surface area contributed by atoms with Crippen LogP contribution in [0.3, 0.4) is 0 Å². The molecule has 5 nitrogen and oxygen atoms in total. The van der Waals surface area contributed by atoms with E-state index in [2.05, 4.69) is 17.1 Å². The summed E-state index contributed by atoms with van der Waals surface area (Å²) < 4.78 is 11.1. The molecule has 0 unspecified atom stereocenters. The van der Waals surface area contributed by atoms with Crippen LogP contribution in [0.15, 0.2) is 0 Å². The molecule has 2 amide bonds. The SMILES string of the molecule is C[C@@H]1C[C@@H]2CCCC[C@@H]2N1C(=O)NCCOC[C@@H]1CCCO1. The van der Waals surface area contributed by atoms with E-state index in [0.717, 1.165) is 25.4 Å². The van der Waals surface area contributed by atoms with Crippen LogP contribution < -0.4 is 5.32 Å². The summed E-state index contributed by atoms with van der Waals surface area (Å²) in [4.78, 5) is 14.6. The maximum atomic E-state index is 12.5. The lowest BCUT2D eigenvalue weighted by Crippen LogP contribution is -2.48. The van der Waals surface area contributed by atoms with Gasteiger partial charge < -0.3 is 19.7 Å². The monoisotopic (exact) mass is 310 g/mol. The van der Waals surface area contributed by atoms with Crippen molar-refractivity contribution in [3.05, 3.63) is 0 Å². The van der Waals surface area contributed by atoms with Gasteiger partial charge in [-0.25, -0.2) is 4.79 Å². The van der Waals surface area contributed by atoms with Crippen LogP contribution in [0.5, 0.6) is 0 Å². The zero-order valence-electron chi connectivity index (χ0n) is 13.8. The molecule has 0 aromatic carbocycles. The van der Waals surface area contributed by atoms with Crippen molar-refractivity contribution >= 4 is 6.03 Å². The van der Waals surface area contributed by atoms with Gasteiger partial charge in [-0.3, -0.25) is 0 Å². The van der Waals surface area contributed by atoms with Crippen molar-refractivity contribution in [3.63, 3.8) is 0 Å². The molecule has 126 valence electrons. The Kier molecular flexibility index (Phi) is 5.58. The summed E-state index contributed by atoms with van der Waals surface area (Å²) >= 11 is 0. The van der Waals surface area contributed by atoms with E-state index in [1.54, 1.807) is 0 Å². The maximum absolute atomic E-state index is 12.5. The van der Waals surface area contributed by atoms with E-state index in [4.69, 9.17) is 9.47 Å². The summed E-state index contributed by atoms with van der Waals surface area (Å²) in [6, 6.07) is 0.945. The molecule has 1 N–H and O–H groups in total. The number of nitrogens with one attached hydrogen (secondary N) is 1. The van der Waals surface area contributed by atoms with Gasteiger partial charge in [-0.1, -0.05) is 12.8 Å². The van der Waals surface area contributed by atoms with Gasteiger partial charge in [-0.15, -0.1) is 0 Å². The predicted molar refractivity (Wildman–Crippen MR) is 84.9 cm³/mol. The van der Waals surface area contributed by atoms with E-state index in [1.807, 2.05) is 0 Å². The summed E-state index contributed by atoms with van der Waals surface area (Å²) in [5, 5.41) is 3.03. The van der Waals surface area contributed by atoms with Crippen LogP contribution in [0, 0.1) is 5.92 Å². The van der Waals surface area contributed by atoms with Gasteiger partial charge in [0, 0.05) is 25.2 Å². The van der Waals surface area contributed by atoms with Crippen molar-refractivity contribution in [2.24, 2.45) is 5.92 Å². The van der Waals surface area contributed by atoms with Gasteiger partial charge in [-0.05, 0) is 44.9 Å². The third kappa shape index (κ3) is 3.74. The van der Waals surface area contributed by atoms with Gasteiger partial charge in [-0.2, -0.15) is 0 Å². The zero-order chi connectivity index (χ0) is 15.4. The Morgan fingerprint density at radius 1 is 1.27 bits per heavy atom. The van der Waals surface area contributed by atoms with Gasteiger partial charge in [0.1, 0.15) is 0 Å². The zero-order valence-corrected chi connectivity index (χ0v) is 13.8. The molecule has 1 aliphatic carbocycles. The summed E-state index contributed by atoms with van der Waals surface area (Å²) in [5.74, 6) is 0.727. The Bertz CT molecular complexity index is 371. The predicted octanol–water partition coefficient (Wildman–Crippen LogP) is 2.54. The highest BCUT2D eigenvalue weighted by molar-refractivity contribution is 5.75. The number of amides is 2. The molecule has 0 aromatic rings. The lowest BCUT2D eigenvalue weighted by Gasteiger charge is -2.33. The summed E-state index contributed by atoms with van der Waals surface area (Å²) in [5.41, 5.74) is 0. The minimum absolute atomic E-state index is 0.0996. The minimum atomic E-state index is 0.0996. The van der Waals surface area contributed by atoms with Gasteiger partial charge in [0.2, 0.25) is 0 Å². The molecule has 3 aliphatic rings. The number of fused-ring (bicyclic) bond motifs is 1. The lowest BCUT2D eigenvalue weighted by atomic mass is 9.85. The number of rotatable bonds is 5. The topological polar surface area (TPSA) is 50.8 Å². The third-order valence-corrected chi connectivity index (χ3v) is 5.43. The molecule has 3 fully saturated rings. The summed E-state index contributed by atoms with van der Waals surface area (Å²) in [7, 11) is 0. The second-order valence-electron chi connectivity index (χ2n) is 7.05. The summed E-state index contributed by atoms with van der Waals surface area (Å²) in [6.07, 6.45) is 8.75. The largest absolute Gasteiger partial charge is 0.377 e. The van der Waals surface area contributed by atoms with E-state index in [0.29, 0.717) is 31.8 Å². The van der Waals surface area contributed by atoms with E-state index in [1.165, 1.54) is 32.1 Å². The Labute approximate surface area is 133 Å². The normalized spacial score (nSPS) is 34.7. The average molecular weight is 310 g/mol. The molecule has 4 atom stereocenters. The number of likely N-dealkylation sites (tertiary alicyclic amines) is 1. The van der Waals surface area contributed by atoms with Crippen LogP contribution in [0.2, 0.25) is 0 Å². The molecule has 2 heterocycles. The molecule has 5 heteroatoms. The van der Waals surface area contributed by atoms with Crippen LogP contribution >= 0.6 is 0 Å². The van der Waals surface area contributed by atoms with Crippen molar-refractivity contribution < 1.29 is 14.3 Å². The molecule has 0 spiro atoms. The molecule has 2 saturated heterocycles. The maximum Gasteiger partial charge on any atom is 0.317 e. The van der Waals surface area contributed by atoms with Crippen LogP contribution in [-0.4, -0.2) is 55.5 Å². The van der Waals surface area contributed by atoms with Crippen LogP contribution in [0.1, 0.15) is 51.9 Å². The molecule has 0 bridgehead atoms. The number of hydrogen-bond acceptors (Lipinski definition) is 3. The molecule has 2 aliphatic heterocycles. The first-order valence-electron chi connectivity index (χ1n) is 9.01. The number of nitrogens with zero attached hydrogens (tertiary/aromatic N) is 1. The van der Waals surface area contributed by atoms with Crippen LogP contribution in [-0.2, 0) is 9.47 Å². The van der Waals surface area contributed by atoms with Gasteiger partial charge >= 0.3 is 6.03 Å². The van der Waals surface area contributed by atoms with Crippen molar-refractivity contribution in [2.45, 2.75) is 70.1 Å². The van der Waals surface area contributed by atoms with Crippen molar-refractivity contribution in [1.82, 2.24) is 10.2 Å². The van der Waals surface area contributed by atoms with Crippen molar-refractivity contribution in [3.8, 4) is 0 Å². The first-order valence-corrected chi connectivity index (χ1v) is 9.01. The number of hydrogen-bond donors (Lipinski definition) is 1. The van der Waals surface area contributed by atoms with E-state index < -0.39 is 0 Å². The fourth-order valence-corrected chi connectivity index (χ4v) is 4.37. The highest BCUT2D eigenvalue weighted by atomic mass is 16.5. The molecule has 0 aromatic heterocycles. The average Bonchev–Trinajstić information content (AvgIpc) is 3.13. The minimum Gasteiger partial charge on any atom is -0.377 e. The number of urea groups is 1. The lowest BCUT2D eigenvalue weighted by molar-refractivity contribution is 0.0184. The second-order valence-corrected chi connectivity index (χ2v) is 7.05. The van der Waals surface area contributed by atoms with Gasteiger partial charge in [0.15, 0.2) is 0 Å². The molecular weight excluding hydrogens is 280 g/mol. The molecule has 22 heavy (non-hydrogen) atoms. The highest BCUT2D eigenvalue weighted by Crippen LogP contribution is 2.39. The third-order valence-electron chi connectivity index (χ3n) is 5.43. The van der Waals surface area contributed by atoms with E-state index in [9.17, 15) is 4.79 Å². The molecule has 1 saturated carbocycles. The fraction of sp³-hybridized carbons (Fsp3) is 0.941. The Morgan fingerprint density at radius 3 is 2.95 bits per heavy atom. The highest BCUT2D eigenvalue weighted by Gasteiger charge is 2.42. The smallest absolute Gasteiger partial charge is 0.317 e. The molecular formula is C17H30N2O3. The van der Waals surface area contributed by atoms with Crippen molar-refractivity contribution in [1.29, 1.82) is 0 Å². The summed E-state index contributed by atoms with van der Waals surface area (Å²) in [6.45, 7) is 4.86. The van der Waals surface area contributed by atoms with Gasteiger partial charge in [0.05, 0.1) is 19.3 Å². The van der Waals surface area contributed by atoms with E-state index in [-0.39, 0.29) is 12.1 Å². The van der Waals surface area contributed by atoms with Crippen LogP contribution in [0.25, 0.3) is 0 Å². The number of carbonyl (C=O) groups is 1. The van der Waals surface area contributed by atoms with Crippen LogP contribution in [0.4, 0.5) is 4.79 Å². The van der Waals surface area contributed by atoms with Gasteiger partial charge in [0.25, 0.3) is 0 Å². The Morgan fingerprint density at radius 2 is 2.14 bits per heavy atom.